The Morgan fingerprint density at radius 3 is 2.58 bits per heavy atom. The first-order valence-corrected chi connectivity index (χ1v) is 7.66. The third kappa shape index (κ3) is 6.58. The summed E-state index contributed by atoms with van der Waals surface area (Å²) >= 11 is 5.32. The minimum absolute atomic E-state index is 0.726. The molecule has 1 aromatic rings. The second-order valence-electron chi connectivity index (χ2n) is 5.11. The number of nitrogens with one attached hydrogen (secondary N) is 2. The van der Waals surface area contributed by atoms with Gasteiger partial charge >= 0.3 is 0 Å². The van der Waals surface area contributed by atoms with Gasteiger partial charge in [-0.1, -0.05) is 44.7 Å². The molecule has 0 saturated carbocycles. The summed E-state index contributed by atoms with van der Waals surface area (Å²) in [7, 11) is 0. The van der Waals surface area contributed by atoms with E-state index in [1.807, 2.05) is 0 Å². The van der Waals surface area contributed by atoms with Gasteiger partial charge in [0.2, 0.25) is 0 Å². The van der Waals surface area contributed by atoms with Crippen LogP contribution in [-0.2, 0) is 0 Å². The van der Waals surface area contributed by atoms with E-state index in [2.05, 4.69) is 49.6 Å². The van der Waals surface area contributed by atoms with Gasteiger partial charge in [-0.3, -0.25) is 0 Å². The fourth-order valence-electron chi connectivity index (χ4n) is 1.97. The Hall–Kier alpha value is -1.09. The second-order valence-corrected chi connectivity index (χ2v) is 5.52. The lowest BCUT2D eigenvalue weighted by molar-refractivity contribution is 0.625. The number of hydrogen-bond acceptors (Lipinski definition) is 1. The van der Waals surface area contributed by atoms with E-state index in [0.717, 1.165) is 17.3 Å². The Balaban J connectivity index is 2.25. The SMILES string of the molecule is CCCCCCCNC(=S)Nc1cc(C)ccc1C. The Bertz CT molecular complexity index is 402. The van der Waals surface area contributed by atoms with Crippen LogP contribution in [0.2, 0.25) is 0 Å². The second kappa shape index (κ2) is 8.92. The van der Waals surface area contributed by atoms with Crippen LogP contribution in [0.15, 0.2) is 18.2 Å². The Morgan fingerprint density at radius 1 is 1.11 bits per heavy atom. The van der Waals surface area contributed by atoms with Crippen molar-refractivity contribution in [2.24, 2.45) is 0 Å². The molecular formula is C16H26N2S. The molecule has 2 N–H and O–H groups in total. The minimum atomic E-state index is 0.726. The summed E-state index contributed by atoms with van der Waals surface area (Å²) in [5.41, 5.74) is 3.57. The van der Waals surface area contributed by atoms with Gasteiger partial charge in [0.05, 0.1) is 0 Å². The van der Waals surface area contributed by atoms with Gasteiger partial charge in [-0.15, -0.1) is 0 Å². The highest BCUT2D eigenvalue weighted by Crippen LogP contribution is 2.16. The van der Waals surface area contributed by atoms with Crippen LogP contribution in [0.3, 0.4) is 0 Å². The molecule has 0 fully saturated rings. The van der Waals surface area contributed by atoms with Crippen molar-refractivity contribution in [1.29, 1.82) is 0 Å². The van der Waals surface area contributed by atoms with E-state index in [4.69, 9.17) is 12.2 Å². The standard InChI is InChI=1S/C16H26N2S/c1-4-5-6-7-8-11-17-16(19)18-15-12-13(2)9-10-14(15)3/h9-10,12H,4-8,11H2,1-3H3,(H2,17,18,19). The number of unbranched alkanes of at least 4 members (excludes halogenated alkanes) is 4. The number of rotatable bonds is 7. The third-order valence-corrected chi connectivity index (χ3v) is 3.45. The molecule has 0 amide bonds. The van der Waals surface area contributed by atoms with Gasteiger partial charge < -0.3 is 10.6 Å². The molecule has 1 rings (SSSR count). The fourth-order valence-corrected chi connectivity index (χ4v) is 2.18. The molecule has 0 atom stereocenters. The zero-order chi connectivity index (χ0) is 14.1. The highest BCUT2D eigenvalue weighted by molar-refractivity contribution is 7.80. The molecule has 0 unspecified atom stereocenters. The molecule has 0 heterocycles. The first-order valence-electron chi connectivity index (χ1n) is 7.25. The zero-order valence-electron chi connectivity index (χ0n) is 12.4. The Kier molecular flexibility index (Phi) is 7.49. The molecule has 0 saturated heterocycles. The van der Waals surface area contributed by atoms with Gasteiger partial charge in [0.15, 0.2) is 5.11 Å². The molecule has 0 aliphatic carbocycles. The van der Waals surface area contributed by atoms with E-state index < -0.39 is 0 Å². The first-order chi connectivity index (χ1) is 9.13. The van der Waals surface area contributed by atoms with Gasteiger partial charge in [-0.05, 0) is 49.7 Å². The van der Waals surface area contributed by atoms with Gasteiger partial charge in [0, 0.05) is 12.2 Å². The van der Waals surface area contributed by atoms with E-state index in [1.165, 1.54) is 43.2 Å². The van der Waals surface area contributed by atoms with Crippen molar-refractivity contribution in [2.75, 3.05) is 11.9 Å². The maximum Gasteiger partial charge on any atom is 0.170 e. The van der Waals surface area contributed by atoms with E-state index in [0.29, 0.717) is 0 Å². The van der Waals surface area contributed by atoms with Gasteiger partial charge in [-0.2, -0.15) is 0 Å². The normalized spacial score (nSPS) is 10.3. The van der Waals surface area contributed by atoms with Crippen molar-refractivity contribution in [3.63, 3.8) is 0 Å². The van der Waals surface area contributed by atoms with Crippen molar-refractivity contribution < 1.29 is 0 Å². The quantitative estimate of drug-likeness (QED) is 0.565. The molecule has 106 valence electrons. The lowest BCUT2D eigenvalue weighted by Crippen LogP contribution is -2.29. The summed E-state index contributed by atoms with van der Waals surface area (Å²) in [5.74, 6) is 0. The van der Waals surface area contributed by atoms with Crippen molar-refractivity contribution in [3.05, 3.63) is 29.3 Å². The summed E-state index contributed by atoms with van der Waals surface area (Å²) in [6.07, 6.45) is 6.43. The van der Waals surface area contributed by atoms with Crippen LogP contribution in [0, 0.1) is 13.8 Å². The molecule has 19 heavy (non-hydrogen) atoms. The Morgan fingerprint density at radius 2 is 1.84 bits per heavy atom. The molecule has 3 heteroatoms. The van der Waals surface area contributed by atoms with Crippen LogP contribution in [0.1, 0.15) is 50.2 Å². The maximum atomic E-state index is 5.32. The molecule has 2 nitrogen and oxygen atoms in total. The molecule has 0 bridgehead atoms. The third-order valence-electron chi connectivity index (χ3n) is 3.21. The van der Waals surface area contributed by atoms with Crippen LogP contribution in [0.4, 0.5) is 5.69 Å². The smallest absolute Gasteiger partial charge is 0.170 e. The average Bonchev–Trinajstić information content (AvgIpc) is 2.38. The van der Waals surface area contributed by atoms with Gasteiger partial charge in [0.25, 0.3) is 0 Å². The molecule has 0 aliphatic heterocycles. The van der Waals surface area contributed by atoms with E-state index in [9.17, 15) is 0 Å². The number of aryl methyl sites for hydroxylation is 2. The topological polar surface area (TPSA) is 24.1 Å². The Labute approximate surface area is 123 Å². The zero-order valence-corrected chi connectivity index (χ0v) is 13.2. The van der Waals surface area contributed by atoms with Crippen LogP contribution < -0.4 is 10.6 Å². The first kappa shape index (κ1) is 16.0. The monoisotopic (exact) mass is 278 g/mol. The van der Waals surface area contributed by atoms with Crippen molar-refractivity contribution >= 4 is 23.0 Å². The summed E-state index contributed by atoms with van der Waals surface area (Å²) in [5, 5.41) is 7.27. The summed E-state index contributed by atoms with van der Waals surface area (Å²) in [4.78, 5) is 0. The minimum Gasteiger partial charge on any atom is -0.362 e. The largest absolute Gasteiger partial charge is 0.362 e. The van der Waals surface area contributed by atoms with Gasteiger partial charge in [0.1, 0.15) is 0 Å². The van der Waals surface area contributed by atoms with E-state index in [1.54, 1.807) is 0 Å². The van der Waals surface area contributed by atoms with Crippen molar-refractivity contribution in [3.8, 4) is 0 Å². The molecule has 0 spiro atoms. The van der Waals surface area contributed by atoms with Crippen LogP contribution in [0.25, 0.3) is 0 Å². The number of thiocarbonyl (C=S) groups is 1. The molecular weight excluding hydrogens is 252 g/mol. The van der Waals surface area contributed by atoms with E-state index in [-0.39, 0.29) is 0 Å². The summed E-state index contributed by atoms with van der Waals surface area (Å²) < 4.78 is 0. The number of anilines is 1. The number of hydrogen-bond donors (Lipinski definition) is 2. The van der Waals surface area contributed by atoms with Gasteiger partial charge in [-0.25, -0.2) is 0 Å². The predicted octanol–water partition coefficient (Wildman–Crippen LogP) is 4.56. The fraction of sp³-hybridized carbons (Fsp3) is 0.562. The summed E-state index contributed by atoms with van der Waals surface area (Å²) in [6.45, 7) is 7.38. The number of benzene rings is 1. The molecule has 0 aromatic heterocycles. The predicted molar refractivity (Wildman–Crippen MR) is 88.9 cm³/mol. The highest BCUT2D eigenvalue weighted by Gasteiger charge is 2.01. The highest BCUT2D eigenvalue weighted by atomic mass is 32.1. The van der Waals surface area contributed by atoms with E-state index >= 15 is 0 Å². The lowest BCUT2D eigenvalue weighted by atomic mass is 10.1. The lowest BCUT2D eigenvalue weighted by Gasteiger charge is -2.13. The van der Waals surface area contributed by atoms with Crippen molar-refractivity contribution in [2.45, 2.75) is 52.9 Å². The average molecular weight is 278 g/mol. The molecule has 0 aliphatic rings. The molecule has 0 radical (unpaired) electrons. The van der Waals surface area contributed by atoms with Crippen molar-refractivity contribution in [1.82, 2.24) is 5.32 Å². The maximum absolute atomic E-state index is 5.32. The van der Waals surface area contributed by atoms with Crippen LogP contribution in [0.5, 0.6) is 0 Å². The van der Waals surface area contributed by atoms with Crippen LogP contribution in [-0.4, -0.2) is 11.7 Å². The van der Waals surface area contributed by atoms with Crippen LogP contribution >= 0.6 is 12.2 Å². The molecule has 1 aromatic carbocycles. The summed E-state index contributed by atoms with van der Waals surface area (Å²) in [6, 6.07) is 6.36.